The van der Waals surface area contributed by atoms with Crippen molar-refractivity contribution in [2.75, 3.05) is 19.7 Å². The molecule has 4 rings (SSSR count). The SMILES string of the molecule is O=C(NC1CCN(C(=O)C2CCCCC2)CC1)NC(CO)Cc1c[nH]c2ccccc12. The highest BCUT2D eigenvalue weighted by atomic mass is 16.3. The summed E-state index contributed by atoms with van der Waals surface area (Å²) in [5, 5.41) is 16.8. The van der Waals surface area contributed by atoms with Crippen LogP contribution in [-0.4, -0.2) is 58.7 Å². The van der Waals surface area contributed by atoms with Crippen molar-refractivity contribution in [3.8, 4) is 0 Å². The number of benzene rings is 1. The van der Waals surface area contributed by atoms with E-state index in [1.165, 1.54) is 19.3 Å². The van der Waals surface area contributed by atoms with Crippen LogP contribution in [0.1, 0.15) is 50.5 Å². The number of hydrogen-bond acceptors (Lipinski definition) is 3. The highest BCUT2D eigenvalue weighted by molar-refractivity contribution is 5.83. The number of aliphatic hydroxyl groups is 1. The molecule has 4 N–H and O–H groups in total. The second kappa shape index (κ2) is 10.2. The van der Waals surface area contributed by atoms with Gasteiger partial charge in [0, 0.05) is 42.1 Å². The van der Waals surface area contributed by atoms with E-state index in [1.807, 2.05) is 35.4 Å². The Kier molecular flexibility index (Phi) is 7.12. The zero-order valence-electron chi connectivity index (χ0n) is 18.1. The number of nitrogens with zero attached hydrogens (tertiary/aromatic N) is 1. The van der Waals surface area contributed by atoms with E-state index in [0.717, 1.165) is 42.1 Å². The van der Waals surface area contributed by atoms with Gasteiger partial charge in [-0.1, -0.05) is 37.5 Å². The fraction of sp³-hybridized carbons (Fsp3) is 0.583. The summed E-state index contributed by atoms with van der Waals surface area (Å²) < 4.78 is 0. The lowest BCUT2D eigenvalue weighted by Gasteiger charge is -2.35. The summed E-state index contributed by atoms with van der Waals surface area (Å²) in [5.41, 5.74) is 2.12. The number of likely N-dealkylation sites (tertiary alicyclic amines) is 1. The van der Waals surface area contributed by atoms with Crippen LogP contribution in [0.2, 0.25) is 0 Å². The van der Waals surface area contributed by atoms with Crippen LogP contribution in [0, 0.1) is 5.92 Å². The van der Waals surface area contributed by atoms with Crippen molar-refractivity contribution in [2.24, 2.45) is 5.92 Å². The minimum absolute atomic E-state index is 0.0582. The fourth-order valence-electron chi connectivity index (χ4n) is 4.99. The molecule has 1 saturated carbocycles. The maximum atomic E-state index is 12.7. The minimum Gasteiger partial charge on any atom is -0.394 e. The number of carbonyl (C=O) groups is 2. The third-order valence-corrected chi connectivity index (χ3v) is 6.79. The van der Waals surface area contributed by atoms with Gasteiger partial charge in [-0.05, 0) is 43.7 Å². The van der Waals surface area contributed by atoms with Crippen LogP contribution < -0.4 is 10.6 Å². The first-order valence-electron chi connectivity index (χ1n) is 11.7. The molecule has 7 nitrogen and oxygen atoms in total. The minimum atomic E-state index is -0.354. The Bertz CT molecular complexity index is 882. The van der Waals surface area contributed by atoms with Gasteiger partial charge in [-0.3, -0.25) is 4.79 Å². The summed E-state index contributed by atoms with van der Waals surface area (Å²) in [5.74, 6) is 0.512. The van der Waals surface area contributed by atoms with Crippen LogP contribution in [0.4, 0.5) is 4.79 Å². The van der Waals surface area contributed by atoms with Crippen molar-refractivity contribution in [3.63, 3.8) is 0 Å². The molecule has 0 bridgehead atoms. The van der Waals surface area contributed by atoms with Crippen molar-refractivity contribution in [2.45, 2.75) is 63.5 Å². The number of aliphatic hydroxyl groups excluding tert-OH is 1. The second-order valence-electron chi connectivity index (χ2n) is 9.00. The van der Waals surface area contributed by atoms with Gasteiger partial charge < -0.3 is 25.6 Å². The average molecular weight is 427 g/mol. The summed E-state index contributed by atoms with van der Waals surface area (Å²) in [6.45, 7) is 1.29. The highest BCUT2D eigenvalue weighted by Gasteiger charge is 2.29. The number of hydrogen-bond donors (Lipinski definition) is 4. The molecule has 2 aromatic rings. The molecule has 31 heavy (non-hydrogen) atoms. The van der Waals surface area contributed by atoms with Crippen molar-refractivity contribution < 1.29 is 14.7 Å². The van der Waals surface area contributed by atoms with Crippen LogP contribution in [0.25, 0.3) is 10.9 Å². The number of aromatic nitrogens is 1. The van der Waals surface area contributed by atoms with Gasteiger partial charge in [0.2, 0.25) is 5.91 Å². The van der Waals surface area contributed by atoms with Crippen LogP contribution in [0.5, 0.6) is 0 Å². The number of piperidine rings is 1. The van der Waals surface area contributed by atoms with Crippen molar-refractivity contribution in [3.05, 3.63) is 36.0 Å². The van der Waals surface area contributed by atoms with Crippen LogP contribution >= 0.6 is 0 Å². The maximum Gasteiger partial charge on any atom is 0.315 e. The third-order valence-electron chi connectivity index (χ3n) is 6.79. The molecule has 0 radical (unpaired) electrons. The predicted octanol–water partition coefficient (Wildman–Crippen LogP) is 2.94. The first kappa shape index (κ1) is 21.7. The molecule has 1 aliphatic carbocycles. The molecule has 1 unspecified atom stereocenters. The summed E-state index contributed by atoms with van der Waals surface area (Å²) in [7, 11) is 0. The molecule has 2 heterocycles. The van der Waals surface area contributed by atoms with E-state index in [0.29, 0.717) is 25.4 Å². The number of rotatable bonds is 6. The smallest absolute Gasteiger partial charge is 0.315 e. The van der Waals surface area contributed by atoms with Gasteiger partial charge in [0.25, 0.3) is 0 Å². The molecule has 1 saturated heterocycles. The number of nitrogens with one attached hydrogen (secondary N) is 3. The standard InChI is InChI=1S/C24H34N4O3/c29-16-20(14-18-15-25-22-9-5-4-8-21(18)22)27-24(31)26-19-10-12-28(13-11-19)23(30)17-6-2-1-3-7-17/h4-5,8-9,15,17,19-20,25,29H,1-3,6-7,10-14,16H2,(H2,26,27,31). The quantitative estimate of drug-likeness (QED) is 0.572. The summed E-state index contributed by atoms with van der Waals surface area (Å²) in [6, 6.07) is 7.47. The molecule has 7 heteroatoms. The predicted molar refractivity (Wildman–Crippen MR) is 121 cm³/mol. The topological polar surface area (TPSA) is 97.5 Å². The Balaban J connectivity index is 1.23. The number of amides is 3. The van der Waals surface area contributed by atoms with Crippen molar-refractivity contribution in [1.29, 1.82) is 0 Å². The van der Waals surface area contributed by atoms with Crippen molar-refractivity contribution in [1.82, 2.24) is 20.5 Å². The number of fused-ring (bicyclic) bond motifs is 1. The summed E-state index contributed by atoms with van der Waals surface area (Å²) in [4.78, 5) is 30.4. The van der Waals surface area contributed by atoms with E-state index >= 15 is 0 Å². The number of carbonyl (C=O) groups excluding carboxylic acids is 2. The first-order valence-corrected chi connectivity index (χ1v) is 11.7. The van der Waals surface area contributed by atoms with Crippen molar-refractivity contribution >= 4 is 22.8 Å². The van der Waals surface area contributed by atoms with E-state index in [9.17, 15) is 14.7 Å². The first-order chi connectivity index (χ1) is 15.1. The second-order valence-corrected chi connectivity index (χ2v) is 9.00. The number of aromatic amines is 1. The van der Waals surface area contributed by atoms with Crippen LogP contribution in [-0.2, 0) is 11.2 Å². The fourth-order valence-corrected chi connectivity index (χ4v) is 4.99. The lowest BCUT2D eigenvalue weighted by atomic mass is 9.87. The van der Waals surface area contributed by atoms with Gasteiger partial charge in [-0.25, -0.2) is 4.79 Å². The molecule has 2 aliphatic rings. The zero-order valence-corrected chi connectivity index (χ0v) is 18.1. The van der Waals surface area contributed by atoms with Crippen LogP contribution in [0.3, 0.4) is 0 Å². The molecule has 168 valence electrons. The van der Waals surface area contributed by atoms with Gasteiger partial charge in [-0.15, -0.1) is 0 Å². The highest BCUT2D eigenvalue weighted by Crippen LogP contribution is 2.26. The number of H-pyrrole nitrogens is 1. The third kappa shape index (κ3) is 5.39. The van der Waals surface area contributed by atoms with E-state index in [-0.39, 0.29) is 30.6 Å². The molecule has 1 aromatic heterocycles. The molecule has 2 fully saturated rings. The molecular weight excluding hydrogens is 392 g/mol. The van der Waals surface area contributed by atoms with Crippen LogP contribution in [0.15, 0.2) is 30.5 Å². The van der Waals surface area contributed by atoms with E-state index in [1.54, 1.807) is 0 Å². The molecular formula is C24H34N4O3. The Labute approximate surface area is 183 Å². The molecule has 1 atom stereocenters. The van der Waals surface area contributed by atoms with E-state index < -0.39 is 0 Å². The Hall–Kier alpha value is -2.54. The molecule has 0 spiro atoms. The van der Waals surface area contributed by atoms with Gasteiger partial charge >= 0.3 is 6.03 Å². The molecule has 1 aromatic carbocycles. The van der Waals surface area contributed by atoms with Gasteiger partial charge in [-0.2, -0.15) is 0 Å². The summed E-state index contributed by atoms with van der Waals surface area (Å²) >= 11 is 0. The normalized spacial score (nSPS) is 19.3. The molecule has 3 amide bonds. The largest absolute Gasteiger partial charge is 0.394 e. The molecule has 1 aliphatic heterocycles. The average Bonchev–Trinajstić information content (AvgIpc) is 3.22. The van der Waals surface area contributed by atoms with Gasteiger partial charge in [0.05, 0.1) is 12.6 Å². The Morgan fingerprint density at radius 3 is 2.58 bits per heavy atom. The number of urea groups is 1. The Morgan fingerprint density at radius 2 is 1.84 bits per heavy atom. The van der Waals surface area contributed by atoms with E-state index in [4.69, 9.17) is 0 Å². The van der Waals surface area contributed by atoms with E-state index in [2.05, 4.69) is 15.6 Å². The monoisotopic (exact) mass is 426 g/mol. The lowest BCUT2D eigenvalue weighted by molar-refractivity contribution is -0.137. The van der Waals surface area contributed by atoms with Gasteiger partial charge in [0.15, 0.2) is 0 Å². The Morgan fingerprint density at radius 1 is 1.10 bits per heavy atom. The zero-order chi connectivity index (χ0) is 21.6. The van der Waals surface area contributed by atoms with Gasteiger partial charge in [0.1, 0.15) is 0 Å². The summed E-state index contributed by atoms with van der Waals surface area (Å²) in [6.07, 6.45) is 9.68. The number of para-hydroxylation sites is 1. The lowest BCUT2D eigenvalue weighted by Crippen LogP contribution is -2.52. The maximum absolute atomic E-state index is 12.7.